The van der Waals surface area contributed by atoms with Crippen LogP contribution in [0.25, 0.3) is 0 Å². The minimum atomic E-state index is -0.883. The van der Waals surface area contributed by atoms with Crippen molar-refractivity contribution in [3.05, 3.63) is 0 Å². The SMILES string of the molecule is CCCCCCCCCCCCCCCCOC(=O)CCCCCCCCCCCCCCC.O=C(O)[C@@H]1C[C@@H](O)CN1. The fourth-order valence-electron chi connectivity index (χ4n) is 5.75. The van der Waals surface area contributed by atoms with Gasteiger partial charge < -0.3 is 20.3 Å². The lowest BCUT2D eigenvalue weighted by Gasteiger charge is -2.06. The molecule has 256 valence electrons. The maximum Gasteiger partial charge on any atom is 0.320 e. The van der Waals surface area contributed by atoms with Crippen molar-refractivity contribution >= 4 is 11.9 Å². The van der Waals surface area contributed by atoms with Crippen molar-refractivity contribution in [2.75, 3.05) is 13.2 Å². The number of carboxylic acid groups (broad SMARTS) is 1. The first kappa shape index (κ1) is 41.9. The average Bonchev–Trinajstić information content (AvgIpc) is 3.44. The number of hydrogen-bond acceptors (Lipinski definition) is 5. The van der Waals surface area contributed by atoms with E-state index in [1.54, 1.807) is 0 Å². The summed E-state index contributed by atoms with van der Waals surface area (Å²) in [7, 11) is 0. The molecule has 1 aliphatic heterocycles. The van der Waals surface area contributed by atoms with Crippen LogP contribution in [0.1, 0.15) is 200 Å². The Morgan fingerprint density at radius 1 is 0.581 bits per heavy atom. The van der Waals surface area contributed by atoms with Crippen LogP contribution in [0.3, 0.4) is 0 Å². The number of aliphatic hydroxyl groups excluding tert-OH is 1. The van der Waals surface area contributed by atoms with Crippen LogP contribution >= 0.6 is 0 Å². The number of rotatable bonds is 30. The summed E-state index contributed by atoms with van der Waals surface area (Å²) in [6.07, 6.45) is 37.0. The molecule has 6 heteroatoms. The van der Waals surface area contributed by atoms with Gasteiger partial charge in [0.1, 0.15) is 6.04 Å². The summed E-state index contributed by atoms with van der Waals surface area (Å²) in [5, 5.41) is 19.8. The fourth-order valence-corrected chi connectivity index (χ4v) is 5.75. The van der Waals surface area contributed by atoms with Crippen molar-refractivity contribution < 1.29 is 24.5 Å². The summed E-state index contributed by atoms with van der Waals surface area (Å²) in [6, 6.07) is -0.542. The Balaban J connectivity index is 0.00000165. The van der Waals surface area contributed by atoms with E-state index in [1.165, 1.54) is 161 Å². The Bertz CT molecular complexity index is 600. The predicted octanol–water partition coefficient (Wildman–Crippen LogP) is 10.3. The second-order valence-electron chi connectivity index (χ2n) is 13.0. The second kappa shape index (κ2) is 33.7. The van der Waals surface area contributed by atoms with Crippen molar-refractivity contribution in [1.82, 2.24) is 5.32 Å². The summed E-state index contributed by atoms with van der Waals surface area (Å²) < 4.78 is 5.42. The Morgan fingerprint density at radius 3 is 1.23 bits per heavy atom. The molecule has 0 aliphatic carbocycles. The number of unbranched alkanes of at least 4 members (excludes halogenated alkanes) is 25. The minimum absolute atomic E-state index is 0.0257. The molecule has 1 fully saturated rings. The number of hydrogen-bond donors (Lipinski definition) is 3. The molecule has 0 amide bonds. The largest absolute Gasteiger partial charge is 0.480 e. The van der Waals surface area contributed by atoms with Gasteiger partial charge in [0.2, 0.25) is 0 Å². The van der Waals surface area contributed by atoms with Crippen LogP contribution in [-0.4, -0.2) is 47.4 Å². The van der Waals surface area contributed by atoms with Crippen LogP contribution in [-0.2, 0) is 14.3 Å². The van der Waals surface area contributed by atoms with Crippen LogP contribution in [0.5, 0.6) is 0 Å². The van der Waals surface area contributed by atoms with Gasteiger partial charge >= 0.3 is 11.9 Å². The van der Waals surface area contributed by atoms with E-state index in [-0.39, 0.29) is 5.97 Å². The Kier molecular flexibility index (Phi) is 32.9. The molecule has 1 rings (SSSR count). The molecule has 1 saturated heterocycles. The van der Waals surface area contributed by atoms with E-state index in [9.17, 15) is 9.59 Å². The van der Waals surface area contributed by atoms with Crippen LogP contribution < -0.4 is 5.32 Å². The van der Waals surface area contributed by atoms with Gasteiger partial charge in [-0.1, -0.05) is 174 Å². The average molecular weight is 612 g/mol. The lowest BCUT2D eigenvalue weighted by molar-refractivity contribution is -0.144. The maximum absolute atomic E-state index is 11.9. The van der Waals surface area contributed by atoms with Gasteiger partial charge in [0.05, 0.1) is 12.7 Å². The van der Waals surface area contributed by atoms with E-state index in [0.717, 1.165) is 12.8 Å². The standard InChI is InChI=1S/C32H64O2.C5H9NO3/c1-3-5-7-9-11-13-15-17-19-21-23-25-27-29-31-34-32(33)30-28-26-24-22-20-18-16-14-12-10-8-6-4-2;7-3-1-4(5(8)9)6-2-3/h3-31H2,1-2H3;3-4,6-7H,1-2H2,(H,8,9)/t;3-,4+/m.1/s1. The highest BCUT2D eigenvalue weighted by Gasteiger charge is 2.27. The second-order valence-corrected chi connectivity index (χ2v) is 13.0. The van der Waals surface area contributed by atoms with E-state index in [1.807, 2.05) is 0 Å². The van der Waals surface area contributed by atoms with Gasteiger partial charge in [0.15, 0.2) is 0 Å². The monoisotopic (exact) mass is 612 g/mol. The van der Waals surface area contributed by atoms with Gasteiger partial charge in [-0.15, -0.1) is 0 Å². The number of carbonyl (C=O) groups is 2. The van der Waals surface area contributed by atoms with Crippen LogP contribution in [0, 0.1) is 0 Å². The zero-order valence-corrected chi connectivity index (χ0v) is 28.7. The van der Waals surface area contributed by atoms with Crippen LogP contribution in [0.15, 0.2) is 0 Å². The third-order valence-electron chi connectivity index (χ3n) is 8.65. The van der Waals surface area contributed by atoms with Crippen molar-refractivity contribution in [1.29, 1.82) is 0 Å². The van der Waals surface area contributed by atoms with Gasteiger partial charge in [0.25, 0.3) is 0 Å². The van der Waals surface area contributed by atoms with Gasteiger partial charge in [0, 0.05) is 19.4 Å². The third-order valence-corrected chi connectivity index (χ3v) is 8.65. The molecule has 6 nitrogen and oxygen atoms in total. The first-order valence-electron chi connectivity index (χ1n) is 18.8. The number of aliphatic hydroxyl groups is 1. The molecular weight excluding hydrogens is 538 g/mol. The van der Waals surface area contributed by atoms with Crippen molar-refractivity contribution in [2.45, 2.75) is 212 Å². The van der Waals surface area contributed by atoms with E-state index >= 15 is 0 Å². The predicted molar refractivity (Wildman–Crippen MR) is 182 cm³/mol. The number of carboxylic acids is 1. The molecule has 0 radical (unpaired) electrons. The lowest BCUT2D eigenvalue weighted by atomic mass is 10.0. The smallest absolute Gasteiger partial charge is 0.320 e. The van der Waals surface area contributed by atoms with Gasteiger partial charge in [-0.3, -0.25) is 9.59 Å². The Morgan fingerprint density at radius 2 is 0.930 bits per heavy atom. The highest BCUT2D eigenvalue weighted by molar-refractivity contribution is 5.73. The Hall–Kier alpha value is -1.14. The van der Waals surface area contributed by atoms with Crippen molar-refractivity contribution in [3.8, 4) is 0 Å². The van der Waals surface area contributed by atoms with Crippen molar-refractivity contribution in [3.63, 3.8) is 0 Å². The quantitative estimate of drug-likeness (QED) is 0.0552. The molecular formula is C37H73NO5. The number of β-amino-alcohol motifs (C(OH)–C–C–N with tert-alkyl or cyclic N) is 1. The molecule has 1 aliphatic rings. The maximum atomic E-state index is 11.9. The molecule has 0 aromatic rings. The van der Waals surface area contributed by atoms with Gasteiger partial charge in [-0.25, -0.2) is 0 Å². The third kappa shape index (κ3) is 32.1. The summed E-state index contributed by atoms with van der Waals surface area (Å²) in [6.45, 7) is 5.60. The number of carbonyl (C=O) groups excluding carboxylic acids is 1. The molecule has 0 unspecified atom stereocenters. The lowest BCUT2D eigenvalue weighted by Crippen LogP contribution is -2.29. The van der Waals surface area contributed by atoms with Gasteiger partial charge in [-0.05, 0) is 12.8 Å². The summed E-state index contributed by atoms with van der Waals surface area (Å²) >= 11 is 0. The molecule has 0 saturated carbocycles. The van der Waals surface area contributed by atoms with Crippen LogP contribution in [0.2, 0.25) is 0 Å². The fraction of sp³-hybridized carbons (Fsp3) is 0.946. The zero-order chi connectivity index (χ0) is 31.6. The first-order valence-corrected chi connectivity index (χ1v) is 18.8. The number of esters is 1. The van der Waals surface area contributed by atoms with E-state index in [0.29, 0.717) is 26.0 Å². The molecule has 3 N–H and O–H groups in total. The minimum Gasteiger partial charge on any atom is -0.480 e. The summed E-state index contributed by atoms with van der Waals surface area (Å²) in [5.74, 6) is -0.857. The summed E-state index contributed by atoms with van der Waals surface area (Å²) in [5.41, 5.74) is 0. The topological polar surface area (TPSA) is 95.9 Å². The van der Waals surface area contributed by atoms with Crippen molar-refractivity contribution in [2.24, 2.45) is 0 Å². The molecule has 0 spiro atoms. The van der Waals surface area contributed by atoms with E-state index in [4.69, 9.17) is 14.9 Å². The van der Waals surface area contributed by atoms with E-state index < -0.39 is 18.1 Å². The highest BCUT2D eigenvalue weighted by atomic mass is 16.5. The van der Waals surface area contributed by atoms with Gasteiger partial charge in [-0.2, -0.15) is 0 Å². The molecule has 2 atom stereocenters. The molecule has 0 aromatic heterocycles. The molecule has 43 heavy (non-hydrogen) atoms. The molecule has 0 bridgehead atoms. The molecule has 0 aromatic carbocycles. The first-order chi connectivity index (χ1) is 21.0. The number of nitrogens with one attached hydrogen (secondary N) is 1. The van der Waals surface area contributed by atoms with Crippen LogP contribution in [0.4, 0.5) is 0 Å². The zero-order valence-electron chi connectivity index (χ0n) is 28.7. The summed E-state index contributed by atoms with van der Waals surface area (Å²) in [4.78, 5) is 22.0. The van der Waals surface area contributed by atoms with E-state index in [2.05, 4.69) is 19.2 Å². The Labute approximate surface area is 266 Å². The normalized spacial score (nSPS) is 16.2. The number of aliphatic carboxylic acids is 1. The highest BCUT2D eigenvalue weighted by Crippen LogP contribution is 2.15. The number of ether oxygens (including phenoxy) is 1. The molecule has 1 heterocycles.